The molecule has 0 aromatic heterocycles. The van der Waals surface area contributed by atoms with Crippen LogP contribution in [0.4, 0.5) is 10.5 Å². The number of carbonyl (C=O) groups excluding carboxylic acids is 1. The Hall–Kier alpha value is -1.56. The van der Waals surface area contributed by atoms with Crippen molar-refractivity contribution in [3.63, 3.8) is 0 Å². The van der Waals surface area contributed by atoms with Crippen LogP contribution in [0.2, 0.25) is 0 Å². The summed E-state index contributed by atoms with van der Waals surface area (Å²) in [6.45, 7) is 0.396. The zero-order chi connectivity index (χ0) is 15.2. The number of halogens is 1. The lowest BCUT2D eigenvalue weighted by atomic mass is 9.79. The molecule has 21 heavy (non-hydrogen) atoms. The van der Waals surface area contributed by atoms with Crippen molar-refractivity contribution in [2.45, 2.75) is 25.7 Å². The van der Waals surface area contributed by atoms with Gasteiger partial charge in [-0.05, 0) is 46.8 Å². The molecule has 0 spiro atoms. The van der Waals surface area contributed by atoms with Gasteiger partial charge in [0.05, 0.1) is 11.6 Å². The molecule has 3 N–H and O–H groups in total. The maximum atomic E-state index is 11.9. The summed E-state index contributed by atoms with van der Waals surface area (Å²) in [4.78, 5) is 23.1. The fourth-order valence-electron chi connectivity index (χ4n) is 2.73. The Labute approximate surface area is 132 Å². The molecule has 0 radical (unpaired) electrons. The molecule has 2 unspecified atom stereocenters. The third-order valence-electron chi connectivity index (χ3n) is 3.87. The maximum absolute atomic E-state index is 11.9. The second-order valence-electron chi connectivity index (χ2n) is 5.30. The van der Waals surface area contributed by atoms with Gasteiger partial charge in [0.25, 0.3) is 0 Å². The van der Waals surface area contributed by atoms with Crippen LogP contribution < -0.4 is 10.6 Å². The van der Waals surface area contributed by atoms with Gasteiger partial charge in [-0.25, -0.2) is 4.79 Å². The first kappa shape index (κ1) is 15.8. The number of hydrogen-bond donors (Lipinski definition) is 3. The van der Waals surface area contributed by atoms with Gasteiger partial charge < -0.3 is 15.7 Å². The molecular weight excluding hydrogens is 336 g/mol. The van der Waals surface area contributed by atoms with Gasteiger partial charge in [-0.1, -0.05) is 25.0 Å². The Kier molecular flexibility index (Phi) is 5.61. The quantitative estimate of drug-likeness (QED) is 0.774. The molecule has 5 nitrogen and oxygen atoms in total. The summed E-state index contributed by atoms with van der Waals surface area (Å²) in [5.74, 6) is -1.09. The van der Waals surface area contributed by atoms with E-state index in [1.165, 1.54) is 0 Å². The highest BCUT2D eigenvalue weighted by molar-refractivity contribution is 9.10. The Morgan fingerprint density at radius 3 is 2.67 bits per heavy atom. The summed E-state index contributed by atoms with van der Waals surface area (Å²) in [5, 5.41) is 14.7. The molecule has 0 aliphatic heterocycles. The Bertz CT molecular complexity index is 521. The van der Waals surface area contributed by atoms with Crippen molar-refractivity contribution >= 4 is 33.6 Å². The summed E-state index contributed by atoms with van der Waals surface area (Å²) in [7, 11) is 0. The molecule has 1 aromatic rings. The van der Waals surface area contributed by atoms with E-state index in [1.807, 2.05) is 18.2 Å². The van der Waals surface area contributed by atoms with Crippen LogP contribution in [-0.4, -0.2) is 23.7 Å². The molecule has 0 bridgehead atoms. The highest BCUT2D eigenvalue weighted by Crippen LogP contribution is 2.29. The van der Waals surface area contributed by atoms with Gasteiger partial charge in [0, 0.05) is 11.0 Å². The van der Waals surface area contributed by atoms with Crippen molar-refractivity contribution in [1.82, 2.24) is 5.32 Å². The average Bonchev–Trinajstić information content (AvgIpc) is 2.48. The minimum atomic E-state index is -0.757. The van der Waals surface area contributed by atoms with Crippen LogP contribution in [0.5, 0.6) is 0 Å². The lowest BCUT2D eigenvalue weighted by molar-refractivity contribution is -0.144. The topological polar surface area (TPSA) is 78.4 Å². The van der Waals surface area contributed by atoms with Crippen molar-refractivity contribution in [2.75, 3.05) is 11.9 Å². The molecule has 0 saturated heterocycles. The molecule has 1 aromatic carbocycles. The first-order valence-electron chi connectivity index (χ1n) is 7.10. The molecule has 6 heteroatoms. The number of benzene rings is 1. The molecule has 1 aliphatic rings. The number of amides is 2. The fraction of sp³-hybridized carbons (Fsp3) is 0.467. The Balaban J connectivity index is 1.86. The van der Waals surface area contributed by atoms with E-state index in [0.29, 0.717) is 18.7 Å². The standard InChI is InChI=1S/C15H19BrN2O3/c16-12-7-3-4-8-13(12)18-15(21)17-9-10-5-1-2-6-11(10)14(19)20/h3-4,7-8,10-11H,1-2,5-6,9H2,(H,19,20)(H2,17,18,21). The highest BCUT2D eigenvalue weighted by Gasteiger charge is 2.30. The molecule has 2 rings (SSSR count). The molecule has 114 valence electrons. The van der Waals surface area contributed by atoms with Gasteiger partial charge >= 0.3 is 12.0 Å². The zero-order valence-corrected chi connectivity index (χ0v) is 13.2. The normalized spacial score (nSPS) is 21.6. The van der Waals surface area contributed by atoms with E-state index in [0.717, 1.165) is 23.7 Å². The fourth-order valence-corrected chi connectivity index (χ4v) is 3.11. The summed E-state index contributed by atoms with van der Waals surface area (Å²) in [6.07, 6.45) is 3.54. The lowest BCUT2D eigenvalue weighted by Crippen LogP contribution is -2.39. The van der Waals surface area contributed by atoms with Crippen molar-refractivity contribution in [3.8, 4) is 0 Å². The minimum Gasteiger partial charge on any atom is -0.481 e. The number of rotatable bonds is 4. The summed E-state index contributed by atoms with van der Waals surface area (Å²) < 4.78 is 0.807. The van der Waals surface area contributed by atoms with E-state index in [-0.39, 0.29) is 17.9 Å². The molecule has 1 saturated carbocycles. The van der Waals surface area contributed by atoms with Crippen molar-refractivity contribution in [1.29, 1.82) is 0 Å². The zero-order valence-electron chi connectivity index (χ0n) is 11.6. The van der Waals surface area contributed by atoms with Gasteiger partial charge in [0.15, 0.2) is 0 Å². The summed E-state index contributed by atoms with van der Waals surface area (Å²) >= 11 is 3.36. The predicted molar refractivity (Wildman–Crippen MR) is 84.2 cm³/mol. The molecule has 1 fully saturated rings. The number of carbonyl (C=O) groups is 2. The number of hydrogen-bond acceptors (Lipinski definition) is 2. The van der Waals surface area contributed by atoms with E-state index in [1.54, 1.807) is 6.07 Å². The highest BCUT2D eigenvalue weighted by atomic mass is 79.9. The SMILES string of the molecule is O=C(NCC1CCCCC1C(=O)O)Nc1ccccc1Br. The van der Waals surface area contributed by atoms with Crippen molar-refractivity contribution < 1.29 is 14.7 Å². The molecule has 1 aliphatic carbocycles. The van der Waals surface area contributed by atoms with Crippen LogP contribution in [0.25, 0.3) is 0 Å². The van der Waals surface area contributed by atoms with Gasteiger partial charge in [0.2, 0.25) is 0 Å². The Morgan fingerprint density at radius 1 is 1.24 bits per heavy atom. The minimum absolute atomic E-state index is 0.0150. The van der Waals surface area contributed by atoms with Gasteiger partial charge in [0.1, 0.15) is 0 Å². The van der Waals surface area contributed by atoms with Gasteiger partial charge in [-0.15, -0.1) is 0 Å². The van der Waals surface area contributed by atoms with Crippen LogP contribution >= 0.6 is 15.9 Å². The monoisotopic (exact) mass is 354 g/mol. The van der Waals surface area contributed by atoms with E-state index in [4.69, 9.17) is 0 Å². The predicted octanol–water partition coefficient (Wildman–Crippen LogP) is 3.46. The second kappa shape index (κ2) is 7.45. The largest absolute Gasteiger partial charge is 0.481 e. The van der Waals surface area contributed by atoms with Gasteiger partial charge in [-0.2, -0.15) is 0 Å². The van der Waals surface area contributed by atoms with Crippen LogP contribution in [-0.2, 0) is 4.79 Å². The maximum Gasteiger partial charge on any atom is 0.319 e. The third-order valence-corrected chi connectivity index (χ3v) is 4.56. The van der Waals surface area contributed by atoms with Crippen LogP contribution in [0, 0.1) is 11.8 Å². The van der Waals surface area contributed by atoms with E-state index in [2.05, 4.69) is 26.6 Å². The third kappa shape index (κ3) is 4.46. The smallest absolute Gasteiger partial charge is 0.319 e. The first-order chi connectivity index (χ1) is 10.1. The average molecular weight is 355 g/mol. The van der Waals surface area contributed by atoms with E-state index < -0.39 is 5.97 Å². The number of anilines is 1. The van der Waals surface area contributed by atoms with Crippen molar-refractivity contribution in [3.05, 3.63) is 28.7 Å². The molecular formula is C15H19BrN2O3. The lowest BCUT2D eigenvalue weighted by Gasteiger charge is -2.28. The number of nitrogens with one attached hydrogen (secondary N) is 2. The van der Waals surface area contributed by atoms with Crippen LogP contribution in [0.1, 0.15) is 25.7 Å². The Morgan fingerprint density at radius 2 is 1.95 bits per heavy atom. The number of carboxylic acid groups (broad SMARTS) is 1. The summed E-state index contributed by atoms with van der Waals surface area (Å²) in [6, 6.07) is 7.03. The number of carboxylic acids is 1. The summed E-state index contributed by atoms with van der Waals surface area (Å²) in [5.41, 5.74) is 0.688. The second-order valence-corrected chi connectivity index (χ2v) is 6.16. The van der Waals surface area contributed by atoms with Gasteiger partial charge in [-0.3, -0.25) is 4.79 Å². The first-order valence-corrected chi connectivity index (χ1v) is 7.89. The van der Waals surface area contributed by atoms with Crippen LogP contribution in [0.15, 0.2) is 28.7 Å². The number of urea groups is 1. The van der Waals surface area contributed by atoms with Crippen LogP contribution in [0.3, 0.4) is 0 Å². The van der Waals surface area contributed by atoms with E-state index in [9.17, 15) is 14.7 Å². The van der Waals surface area contributed by atoms with Crippen molar-refractivity contribution in [2.24, 2.45) is 11.8 Å². The van der Waals surface area contributed by atoms with E-state index >= 15 is 0 Å². The number of para-hydroxylation sites is 1. The number of aliphatic carboxylic acids is 1. The molecule has 2 amide bonds. The molecule has 0 heterocycles. The molecule has 2 atom stereocenters.